The van der Waals surface area contributed by atoms with Gasteiger partial charge in [-0.25, -0.2) is 4.79 Å². The third kappa shape index (κ3) is 11.0. The molecule has 354 valence electrons. The molecule has 4 fully saturated rings. The summed E-state index contributed by atoms with van der Waals surface area (Å²) in [6, 6.07) is -0.756. The highest BCUT2D eigenvalue weighted by Crippen LogP contribution is 2.44. The van der Waals surface area contributed by atoms with Crippen molar-refractivity contribution in [3.05, 3.63) is 54.8 Å². The van der Waals surface area contributed by atoms with Gasteiger partial charge in [0.2, 0.25) is 0 Å². The lowest BCUT2D eigenvalue weighted by atomic mass is 9.71. The molecular formula is C47H71N7O10. The quantitative estimate of drug-likeness (QED) is 0.131. The molecule has 17 heteroatoms. The average molecular weight is 894 g/mol. The van der Waals surface area contributed by atoms with Crippen molar-refractivity contribution >= 4 is 18.0 Å². The third-order valence-corrected chi connectivity index (χ3v) is 13.7. The Balaban J connectivity index is 1.39. The van der Waals surface area contributed by atoms with Crippen LogP contribution in [0.3, 0.4) is 0 Å². The molecular weight excluding hydrogens is 823 g/mol. The van der Waals surface area contributed by atoms with Crippen molar-refractivity contribution in [1.29, 1.82) is 0 Å². The lowest BCUT2D eigenvalue weighted by Crippen LogP contribution is -2.61. The minimum atomic E-state index is -1.20. The summed E-state index contributed by atoms with van der Waals surface area (Å²) in [5, 5.41) is 11.2. The standard InChI is InChI=1S/C47H71N7O10/c1-13-38-47(10)41(52-45(57)64-47)30(5)35(14-15-48-18-19-54-24-34(22-51-54)36-23-49-16-17-50-36)28(3)21-46(9)42(31(6)39(32(7)43(56)62-38)58-25-27(2)26-59-46)63-44-40(61-33(8)55)37(53(11)12)20-29(4)60-44/h14,16-17,22-24,28-32,37-42,44,48H,2,13,15,18-21,25-26H2,1,3-12H3,(H,52,57)/b35-14+/t28-,29-,30+,31+,32-,37+,38-,39?,40-,41?,42-,44?,46-,47-/m1/s1. The number of amides is 1. The van der Waals surface area contributed by atoms with Gasteiger partial charge in [0, 0.05) is 56.0 Å². The van der Waals surface area contributed by atoms with E-state index in [-0.39, 0.29) is 37.2 Å². The van der Waals surface area contributed by atoms with E-state index in [1.807, 2.05) is 64.5 Å². The zero-order valence-corrected chi connectivity index (χ0v) is 39.6. The Bertz CT molecular complexity index is 1960. The summed E-state index contributed by atoms with van der Waals surface area (Å²) >= 11 is 0. The van der Waals surface area contributed by atoms with Gasteiger partial charge < -0.3 is 48.7 Å². The van der Waals surface area contributed by atoms with Crippen LogP contribution in [-0.2, 0) is 49.3 Å². The number of hydrogen-bond acceptors (Lipinski definition) is 15. The highest BCUT2D eigenvalue weighted by atomic mass is 16.7. The lowest BCUT2D eigenvalue weighted by Gasteiger charge is -2.49. The largest absolute Gasteiger partial charge is 0.458 e. The van der Waals surface area contributed by atoms with Gasteiger partial charge in [-0.3, -0.25) is 24.2 Å². The van der Waals surface area contributed by atoms with Gasteiger partial charge in [0.05, 0.1) is 79.8 Å². The SMILES string of the molecule is C=C1COC2[C@@H](C)C(=O)O[C@H](CC)[C@@]3(C)OC(=O)NC3[C@@H](C)/C(=C/CNCCn3cc(-c4cnccn4)cn3)[C@H](C)C[C@@](C)(OC1)[C@H](OC1O[C@H](C)C[C@H](N(C)C)[C@H]1OC(C)=O)[C@H]2C. The maximum absolute atomic E-state index is 14.5. The van der Waals surface area contributed by atoms with Crippen LogP contribution in [0.15, 0.2) is 54.8 Å². The molecule has 6 rings (SSSR count). The van der Waals surface area contributed by atoms with Crippen LogP contribution < -0.4 is 10.6 Å². The van der Waals surface area contributed by atoms with Crippen LogP contribution in [0.25, 0.3) is 11.3 Å². The van der Waals surface area contributed by atoms with Gasteiger partial charge in [-0.1, -0.05) is 45.9 Å². The molecule has 0 radical (unpaired) electrons. The number of ether oxygens (including phenoxy) is 7. The smallest absolute Gasteiger partial charge is 0.408 e. The highest BCUT2D eigenvalue weighted by molar-refractivity contribution is 5.74. The van der Waals surface area contributed by atoms with Gasteiger partial charge >= 0.3 is 18.0 Å². The van der Waals surface area contributed by atoms with Crippen LogP contribution in [0.4, 0.5) is 4.79 Å². The fourth-order valence-electron chi connectivity index (χ4n) is 10.4. The van der Waals surface area contributed by atoms with Gasteiger partial charge in [-0.15, -0.1) is 0 Å². The number of aromatic nitrogens is 4. The summed E-state index contributed by atoms with van der Waals surface area (Å²) in [5.41, 5.74) is 1.13. The Kier molecular flexibility index (Phi) is 16.1. The number of cyclic esters (lactones) is 1. The van der Waals surface area contributed by atoms with Crippen molar-refractivity contribution in [2.24, 2.45) is 23.7 Å². The molecule has 0 aromatic carbocycles. The van der Waals surface area contributed by atoms with Gasteiger partial charge in [0.25, 0.3) is 0 Å². The average Bonchev–Trinajstić information content (AvgIpc) is 3.86. The lowest BCUT2D eigenvalue weighted by molar-refractivity contribution is -0.304. The van der Waals surface area contributed by atoms with Crippen molar-refractivity contribution in [3.8, 4) is 11.3 Å². The van der Waals surface area contributed by atoms with Gasteiger partial charge in [0.15, 0.2) is 18.0 Å². The Morgan fingerprint density at radius 3 is 2.56 bits per heavy atom. The maximum Gasteiger partial charge on any atom is 0.408 e. The number of alkyl carbamates (subject to hydrolysis) is 1. The van der Waals surface area contributed by atoms with Crippen LogP contribution >= 0.6 is 0 Å². The van der Waals surface area contributed by atoms with E-state index in [2.05, 4.69) is 52.2 Å². The minimum Gasteiger partial charge on any atom is -0.458 e. The zero-order valence-electron chi connectivity index (χ0n) is 39.6. The predicted octanol–water partition coefficient (Wildman–Crippen LogP) is 5.11. The normalized spacial score (nSPS) is 37.1. The first-order valence-corrected chi connectivity index (χ1v) is 22.8. The van der Waals surface area contributed by atoms with Crippen LogP contribution in [0.5, 0.6) is 0 Å². The van der Waals surface area contributed by atoms with Gasteiger partial charge in [-0.2, -0.15) is 5.10 Å². The van der Waals surface area contributed by atoms with Crippen LogP contribution in [0.1, 0.15) is 81.6 Å². The number of fused-ring (bicyclic) bond motifs is 4. The number of nitrogens with zero attached hydrogens (tertiary/aromatic N) is 5. The second-order valence-corrected chi connectivity index (χ2v) is 18.9. The summed E-state index contributed by atoms with van der Waals surface area (Å²) in [6.07, 6.45) is 7.57. The van der Waals surface area contributed by atoms with Crippen molar-refractivity contribution in [2.45, 2.75) is 148 Å². The number of esters is 2. The van der Waals surface area contributed by atoms with E-state index in [0.29, 0.717) is 44.5 Å². The second kappa shape index (κ2) is 20.9. The van der Waals surface area contributed by atoms with Crippen LogP contribution in [-0.4, -0.2) is 143 Å². The molecule has 2 N–H and O–H groups in total. The van der Waals surface area contributed by atoms with E-state index in [1.165, 1.54) is 6.92 Å². The first-order valence-electron chi connectivity index (χ1n) is 22.8. The van der Waals surface area contributed by atoms with Crippen molar-refractivity contribution in [3.63, 3.8) is 0 Å². The highest BCUT2D eigenvalue weighted by Gasteiger charge is 2.57. The summed E-state index contributed by atoms with van der Waals surface area (Å²) in [4.78, 5) is 51.0. The van der Waals surface area contributed by atoms with Crippen molar-refractivity contribution in [2.75, 3.05) is 40.4 Å². The number of carbonyl (C=O) groups excluding carboxylic acids is 3. The van der Waals surface area contributed by atoms with E-state index in [4.69, 9.17) is 33.2 Å². The monoisotopic (exact) mass is 894 g/mol. The van der Waals surface area contributed by atoms with E-state index in [0.717, 1.165) is 16.8 Å². The Morgan fingerprint density at radius 1 is 1.11 bits per heavy atom. The molecule has 0 saturated carbocycles. The fourth-order valence-corrected chi connectivity index (χ4v) is 10.4. The van der Waals surface area contributed by atoms with E-state index < -0.39 is 77.8 Å². The molecule has 4 saturated heterocycles. The Hall–Kier alpha value is -4.26. The zero-order chi connectivity index (χ0) is 46.5. The number of nitrogens with one attached hydrogen (secondary N) is 2. The topological polar surface area (TPSA) is 187 Å². The molecule has 4 aliphatic rings. The first-order chi connectivity index (χ1) is 30.3. The summed E-state index contributed by atoms with van der Waals surface area (Å²) in [6.45, 7) is 23.6. The Labute approximate surface area is 378 Å². The van der Waals surface area contributed by atoms with E-state index >= 15 is 0 Å². The number of rotatable bonds is 11. The predicted molar refractivity (Wildman–Crippen MR) is 238 cm³/mol. The summed E-state index contributed by atoms with van der Waals surface area (Å²) in [5.74, 6) is -2.68. The van der Waals surface area contributed by atoms with E-state index in [1.54, 1.807) is 31.7 Å². The number of likely N-dealkylation sites (N-methyl/N-ethyl adjacent to an activating group) is 1. The first kappa shape index (κ1) is 49.2. The molecule has 14 atom stereocenters. The molecule has 0 spiro atoms. The summed E-state index contributed by atoms with van der Waals surface area (Å²) in [7, 11) is 3.90. The molecule has 2 bridgehead atoms. The summed E-state index contributed by atoms with van der Waals surface area (Å²) < 4.78 is 47.8. The molecule has 17 nitrogen and oxygen atoms in total. The number of carbonyl (C=O) groups is 3. The van der Waals surface area contributed by atoms with Gasteiger partial charge in [-0.05, 0) is 72.5 Å². The molecule has 0 aliphatic carbocycles. The minimum absolute atomic E-state index is 0.146. The molecule has 64 heavy (non-hydrogen) atoms. The maximum atomic E-state index is 14.5. The second-order valence-electron chi connectivity index (χ2n) is 18.9. The van der Waals surface area contributed by atoms with Crippen molar-refractivity contribution in [1.82, 2.24) is 35.3 Å². The molecule has 2 aromatic heterocycles. The Morgan fingerprint density at radius 2 is 1.88 bits per heavy atom. The van der Waals surface area contributed by atoms with Crippen LogP contribution in [0, 0.1) is 23.7 Å². The molecule has 1 amide bonds. The number of hydrogen-bond donors (Lipinski definition) is 2. The van der Waals surface area contributed by atoms with Crippen LogP contribution in [0.2, 0.25) is 0 Å². The molecule has 3 unspecified atom stereocenters. The molecule has 4 aliphatic heterocycles. The molecule has 2 aromatic rings. The van der Waals surface area contributed by atoms with Crippen molar-refractivity contribution < 1.29 is 47.5 Å². The molecule has 6 heterocycles. The fraction of sp³-hybridized carbons (Fsp3) is 0.702. The third-order valence-electron chi connectivity index (χ3n) is 13.7. The van der Waals surface area contributed by atoms with E-state index in [9.17, 15) is 14.4 Å². The van der Waals surface area contributed by atoms with Gasteiger partial charge in [0.1, 0.15) is 6.10 Å².